The molecule has 112 valence electrons. The highest BCUT2D eigenvalue weighted by Crippen LogP contribution is 2.20. The average Bonchev–Trinajstić information content (AvgIpc) is 2.47. The molecule has 0 bridgehead atoms. The summed E-state index contributed by atoms with van der Waals surface area (Å²) in [6.07, 6.45) is 3.57. The van der Waals surface area contributed by atoms with Crippen molar-refractivity contribution in [1.29, 1.82) is 0 Å². The van der Waals surface area contributed by atoms with Crippen LogP contribution < -0.4 is 10.5 Å². The molecule has 0 saturated carbocycles. The van der Waals surface area contributed by atoms with Crippen LogP contribution in [0.15, 0.2) is 53.7 Å². The number of aromatic nitrogens is 1. The monoisotopic (exact) mass is 305 g/mol. The molecular formula is C15H19N3O2S. The van der Waals surface area contributed by atoms with Crippen LogP contribution in [0.3, 0.4) is 0 Å². The fourth-order valence-corrected chi connectivity index (χ4v) is 2.66. The van der Waals surface area contributed by atoms with Gasteiger partial charge in [0.2, 0.25) is 10.0 Å². The third-order valence-electron chi connectivity index (χ3n) is 3.39. The SMILES string of the molecule is CC(N[C@H](C)c1cccnc1)c1ccc(S(N)(=O)=O)cc1. The number of benzene rings is 1. The Kier molecular flexibility index (Phi) is 4.72. The summed E-state index contributed by atoms with van der Waals surface area (Å²) in [5, 5.41) is 8.54. The minimum absolute atomic E-state index is 0.0785. The maximum absolute atomic E-state index is 11.2. The Balaban J connectivity index is 2.08. The second-order valence-electron chi connectivity index (χ2n) is 5.01. The molecule has 6 heteroatoms. The lowest BCUT2D eigenvalue weighted by Gasteiger charge is -2.20. The Morgan fingerprint density at radius 2 is 1.67 bits per heavy atom. The molecule has 3 N–H and O–H groups in total. The molecule has 1 unspecified atom stereocenters. The molecule has 0 aliphatic heterocycles. The molecule has 21 heavy (non-hydrogen) atoms. The van der Waals surface area contributed by atoms with E-state index in [2.05, 4.69) is 17.2 Å². The molecule has 1 aromatic heterocycles. The predicted octanol–water partition coefficient (Wildman–Crippen LogP) is 2.14. The van der Waals surface area contributed by atoms with Crippen molar-refractivity contribution in [2.75, 3.05) is 0 Å². The molecule has 2 aromatic rings. The molecule has 0 amide bonds. The number of nitrogens with one attached hydrogen (secondary N) is 1. The van der Waals surface area contributed by atoms with E-state index in [4.69, 9.17) is 5.14 Å². The fraction of sp³-hybridized carbons (Fsp3) is 0.267. The highest BCUT2D eigenvalue weighted by molar-refractivity contribution is 7.89. The van der Waals surface area contributed by atoms with Crippen molar-refractivity contribution >= 4 is 10.0 Å². The van der Waals surface area contributed by atoms with Crippen molar-refractivity contribution < 1.29 is 8.42 Å². The zero-order valence-corrected chi connectivity index (χ0v) is 12.8. The van der Waals surface area contributed by atoms with E-state index in [-0.39, 0.29) is 17.0 Å². The van der Waals surface area contributed by atoms with Crippen LogP contribution in [-0.4, -0.2) is 13.4 Å². The largest absolute Gasteiger partial charge is 0.304 e. The molecule has 2 rings (SSSR count). The highest BCUT2D eigenvalue weighted by atomic mass is 32.2. The Labute approximate surface area is 125 Å². The van der Waals surface area contributed by atoms with Gasteiger partial charge < -0.3 is 5.32 Å². The Morgan fingerprint density at radius 1 is 1.05 bits per heavy atom. The molecule has 1 heterocycles. The van der Waals surface area contributed by atoms with Gasteiger partial charge in [-0.05, 0) is 43.2 Å². The molecule has 2 atom stereocenters. The van der Waals surface area contributed by atoms with Gasteiger partial charge in [0.1, 0.15) is 0 Å². The van der Waals surface area contributed by atoms with Crippen molar-refractivity contribution in [2.24, 2.45) is 5.14 Å². The number of nitrogens with zero attached hydrogens (tertiary/aromatic N) is 1. The van der Waals surface area contributed by atoms with Gasteiger partial charge in [0, 0.05) is 24.5 Å². The second-order valence-corrected chi connectivity index (χ2v) is 6.57. The molecule has 0 fully saturated rings. The molecule has 0 aliphatic carbocycles. The summed E-state index contributed by atoms with van der Waals surface area (Å²) in [5.74, 6) is 0. The van der Waals surface area contributed by atoms with Gasteiger partial charge in [-0.15, -0.1) is 0 Å². The van der Waals surface area contributed by atoms with Gasteiger partial charge in [0.15, 0.2) is 0 Å². The maximum atomic E-state index is 11.2. The smallest absolute Gasteiger partial charge is 0.238 e. The normalized spacial score (nSPS) is 14.6. The molecule has 0 aliphatic rings. The first-order chi connectivity index (χ1) is 9.88. The summed E-state index contributed by atoms with van der Waals surface area (Å²) in [5.41, 5.74) is 2.10. The topological polar surface area (TPSA) is 85.1 Å². The van der Waals surface area contributed by atoms with Crippen LogP contribution in [0.1, 0.15) is 37.1 Å². The Hall–Kier alpha value is -1.76. The minimum Gasteiger partial charge on any atom is -0.304 e. The van der Waals surface area contributed by atoms with Crippen LogP contribution in [0.4, 0.5) is 0 Å². The van der Waals surface area contributed by atoms with Gasteiger partial charge in [-0.3, -0.25) is 4.98 Å². The van der Waals surface area contributed by atoms with E-state index in [9.17, 15) is 8.42 Å². The summed E-state index contributed by atoms with van der Waals surface area (Å²) in [7, 11) is -3.64. The first-order valence-corrected chi connectivity index (χ1v) is 8.21. The van der Waals surface area contributed by atoms with Crippen LogP contribution in [0.2, 0.25) is 0 Å². The summed E-state index contributed by atoms with van der Waals surface area (Å²) < 4.78 is 22.5. The lowest BCUT2D eigenvalue weighted by atomic mass is 10.1. The van der Waals surface area contributed by atoms with Gasteiger partial charge in [0.05, 0.1) is 4.90 Å². The lowest BCUT2D eigenvalue weighted by Crippen LogP contribution is -2.22. The van der Waals surface area contributed by atoms with Crippen LogP contribution >= 0.6 is 0 Å². The molecule has 0 spiro atoms. The second kappa shape index (κ2) is 6.34. The van der Waals surface area contributed by atoms with Crippen molar-refractivity contribution in [2.45, 2.75) is 30.8 Å². The quantitative estimate of drug-likeness (QED) is 0.886. The van der Waals surface area contributed by atoms with E-state index in [0.29, 0.717) is 0 Å². The van der Waals surface area contributed by atoms with Gasteiger partial charge >= 0.3 is 0 Å². The zero-order valence-electron chi connectivity index (χ0n) is 12.0. The molecule has 0 radical (unpaired) electrons. The average molecular weight is 305 g/mol. The molecular weight excluding hydrogens is 286 g/mol. The summed E-state index contributed by atoms with van der Waals surface area (Å²) in [6, 6.07) is 10.7. The highest BCUT2D eigenvalue weighted by Gasteiger charge is 2.13. The number of hydrogen-bond donors (Lipinski definition) is 2. The van der Waals surface area contributed by atoms with E-state index >= 15 is 0 Å². The third-order valence-corrected chi connectivity index (χ3v) is 4.32. The molecule has 5 nitrogen and oxygen atoms in total. The van der Waals surface area contributed by atoms with E-state index < -0.39 is 10.0 Å². The van der Waals surface area contributed by atoms with Gasteiger partial charge in [-0.1, -0.05) is 18.2 Å². The number of primary sulfonamides is 1. The number of rotatable bonds is 5. The lowest BCUT2D eigenvalue weighted by molar-refractivity contribution is 0.493. The molecule has 1 aromatic carbocycles. The zero-order chi connectivity index (χ0) is 15.5. The Morgan fingerprint density at radius 3 is 2.19 bits per heavy atom. The summed E-state index contributed by atoms with van der Waals surface area (Å²) in [4.78, 5) is 4.23. The summed E-state index contributed by atoms with van der Waals surface area (Å²) in [6.45, 7) is 4.09. The van der Waals surface area contributed by atoms with E-state index in [1.807, 2.05) is 25.3 Å². The third kappa shape index (κ3) is 4.10. The van der Waals surface area contributed by atoms with Crippen LogP contribution in [0, 0.1) is 0 Å². The van der Waals surface area contributed by atoms with Crippen molar-refractivity contribution in [3.63, 3.8) is 0 Å². The van der Waals surface area contributed by atoms with Crippen LogP contribution in [0.25, 0.3) is 0 Å². The van der Waals surface area contributed by atoms with Crippen molar-refractivity contribution in [1.82, 2.24) is 10.3 Å². The number of hydrogen-bond acceptors (Lipinski definition) is 4. The van der Waals surface area contributed by atoms with Crippen LogP contribution in [-0.2, 0) is 10.0 Å². The van der Waals surface area contributed by atoms with E-state index in [1.165, 1.54) is 12.1 Å². The first-order valence-electron chi connectivity index (χ1n) is 6.66. The molecule has 0 saturated heterocycles. The van der Waals surface area contributed by atoms with Crippen molar-refractivity contribution in [3.05, 3.63) is 59.9 Å². The predicted molar refractivity (Wildman–Crippen MR) is 82.0 cm³/mol. The summed E-state index contributed by atoms with van der Waals surface area (Å²) >= 11 is 0. The maximum Gasteiger partial charge on any atom is 0.238 e. The van der Waals surface area contributed by atoms with Gasteiger partial charge in [-0.2, -0.15) is 0 Å². The van der Waals surface area contributed by atoms with E-state index in [0.717, 1.165) is 11.1 Å². The van der Waals surface area contributed by atoms with Gasteiger partial charge in [0.25, 0.3) is 0 Å². The number of sulfonamides is 1. The van der Waals surface area contributed by atoms with Crippen LogP contribution in [0.5, 0.6) is 0 Å². The first kappa shape index (κ1) is 15.6. The fourth-order valence-electron chi connectivity index (χ4n) is 2.15. The van der Waals surface area contributed by atoms with Crippen molar-refractivity contribution in [3.8, 4) is 0 Å². The number of pyridine rings is 1. The Bertz CT molecular complexity index is 685. The van der Waals surface area contributed by atoms with Gasteiger partial charge in [-0.25, -0.2) is 13.6 Å². The standard InChI is InChI=1S/C15H19N3O2S/c1-11(18-12(2)14-4-3-9-17-10-14)13-5-7-15(8-6-13)21(16,19)20/h3-12,18H,1-2H3,(H2,16,19,20)/t11?,12-/m1/s1. The minimum atomic E-state index is -3.64. The number of nitrogens with two attached hydrogens (primary N) is 1. The van der Waals surface area contributed by atoms with E-state index in [1.54, 1.807) is 18.3 Å².